The van der Waals surface area contributed by atoms with E-state index in [1.54, 1.807) is 6.07 Å². The summed E-state index contributed by atoms with van der Waals surface area (Å²) in [4.78, 5) is 14.3. The number of hydrogen-bond donors (Lipinski definition) is 0. The summed E-state index contributed by atoms with van der Waals surface area (Å²) in [5.41, 5.74) is 0.609. The molecule has 0 saturated carbocycles. The summed E-state index contributed by atoms with van der Waals surface area (Å²) < 4.78 is 0. The van der Waals surface area contributed by atoms with Crippen LogP contribution in [0, 0.1) is 6.07 Å². The van der Waals surface area contributed by atoms with E-state index in [2.05, 4.69) is 11.1 Å². The van der Waals surface area contributed by atoms with Crippen LogP contribution in [0.3, 0.4) is 0 Å². The Kier molecular flexibility index (Phi) is 1.58. The van der Waals surface area contributed by atoms with Gasteiger partial charge in [-0.3, -0.25) is 9.78 Å². The number of nitrogens with zero attached hydrogens (tertiary/aromatic N) is 1. The second-order valence-electron chi connectivity index (χ2n) is 1.73. The number of rotatable bonds is 1. The minimum atomic E-state index is 0.0272. The minimum absolute atomic E-state index is 0.0272. The summed E-state index contributed by atoms with van der Waals surface area (Å²) in [5.74, 6) is 0.0272. The number of Topliss-reactive ketones (excluding diaryl/α,β-unsaturated/α-hetero) is 1. The zero-order valence-electron chi connectivity index (χ0n) is 5.09. The molecule has 2 nitrogen and oxygen atoms in total. The number of carbonyl (C=O) groups is 1. The van der Waals surface area contributed by atoms with Gasteiger partial charge < -0.3 is 0 Å². The molecule has 0 amide bonds. The first kappa shape index (κ1) is 5.95. The first-order valence-electron chi connectivity index (χ1n) is 2.63. The SMILES string of the molecule is CC(=O)c1c[c]cnc1. The van der Waals surface area contributed by atoms with E-state index in [0.717, 1.165) is 0 Å². The molecule has 9 heavy (non-hydrogen) atoms. The highest BCUT2D eigenvalue weighted by atomic mass is 16.1. The Balaban J connectivity index is 2.98. The van der Waals surface area contributed by atoms with E-state index in [1.807, 2.05) is 0 Å². The monoisotopic (exact) mass is 120 g/mol. The predicted molar refractivity (Wildman–Crippen MR) is 33.1 cm³/mol. The molecule has 0 unspecified atom stereocenters. The fourth-order valence-corrected chi connectivity index (χ4v) is 0.517. The van der Waals surface area contributed by atoms with Crippen LogP contribution in [-0.2, 0) is 0 Å². The third kappa shape index (κ3) is 1.35. The summed E-state index contributed by atoms with van der Waals surface area (Å²) in [5, 5.41) is 0. The smallest absolute Gasteiger partial charge is 0.161 e. The van der Waals surface area contributed by atoms with Gasteiger partial charge in [-0.1, -0.05) is 0 Å². The Morgan fingerprint density at radius 1 is 1.78 bits per heavy atom. The van der Waals surface area contributed by atoms with Crippen LogP contribution >= 0.6 is 0 Å². The summed E-state index contributed by atoms with van der Waals surface area (Å²) in [7, 11) is 0. The lowest BCUT2D eigenvalue weighted by Gasteiger charge is -1.88. The molecule has 0 aliphatic heterocycles. The third-order valence-corrected chi connectivity index (χ3v) is 1.01. The van der Waals surface area contributed by atoms with Crippen LogP contribution in [0.4, 0.5) is 0 Å². The Morgan fingerprint density at radius 2 is 2.56 bits per heavy atom. The molecule has 0 saturated heterocycles. The highest BCUT2D eigenvalue weighted by Crippen LogP contribution is 1.94. The molecule has 0 aliphatic carbocycles. The van der Waals surface area contributed by atoms with Gasteiger partial charge in [0.2, 0.25) is 0 Å². The van der Waals surface area contributed by atoms with Crippen molar-refractivity contribution in [3.8, 4) is 0 Å². The van der Waals surface area contributed by atoms with Gasteiger partial charge in [0.1, 0.15) is 0 Å². The number of carbonyl (C=O) groups excluding carboxylic acids is 1. The molecular weight excluding hydrogens is 114 g/mol. The zero-order valence-corrected chi connectivity index (χ0v) is 5.09. The van der Waals surface area contributed by atoms with Crippen molar-refractivity contribution in [1.29, 1.82) is 0 Å². The van der Waals surface area contributed by atoms with Gasteiger partial charge >= 0.3 is 0 Å². The van der Waals surface area contributed by atoms with Crippen LogP contribution in [0.1, 0.15) is 17.3 Å². The molecule has 1 aromatic rings. The van der Waals surface area contributed by atoms with E-state index in [9.17, 15) is 4.79 Å². The molecule has 0 N–H and O–H groups in total. The van der Waals surface area contributed by atoms with E-state index < -0.39 is 0 Å². The Morgan fingerprint density at radius 3 is 2.89 bits per heavy atom. The predicted octanol–water partition coefficient (Wildman–Crippen LogP) is 1.08. The van der Waals surface area contributed by atoms with Crippen LogP contribution in [0.15, 0.2) is 18.5 Å². The average Bonchev–Trinajstić information content (AvgIpc) is 1.90. The largest absolute Gasteiger partial charge is 0.294 e. The molecule has 0 bridgehead atoms. The topological polar surface area (TPSA) is 30.0 Å². The fraction of sp³-hybridized carbons (Fsp3) is 0.143. The molecule has 0 atom stereocenters. The van der Waals surface area contributed by atoms with Crippen molar-refractivity contribution in [3.05, 3.63) is 30.1 Å². The quantitative estimate of drug-likeness (QED) is 0.519. The van der Waals surface area contributed by atoms with Gasteiger partial charge in [0.15, 0.2) is 5.78 Å². The molecule has 0 spiro atoms. The molecule has 1 heterocycles. The van der Waals surface area contributed by atoms with Crippen molar-refractivity contribution in [2.24, 2.45) is 0 Å². The maximum Gasteiger partial charge on any atom is 0.161 e. The molecule has 1 rings (SSSR count). The third-order valence-electron chi connectivity index (χ3n) is 1.01. The lowest BCUT2D eigenvalue weighted by molar-refractivity contribution is 0.101. The van der Waals surface area contributed by atoms with E-state index in [-0.39, 0.29) is 5.78 Å². The van der Waals surface area contributed by atoms with Gasteiger partial charge in [0.05, 0.1) is 0 Å². The number of aromatic nitrogens is 1. The fourth-order valence-electron chi connectivity index (χ4n) is 0.517. The summed E-state index contributed by atoms with van der Waals surface area (Å²) in [6.45, 7) is 1.50. The van der Waals surface area contributed by atoms with Gasteiger partial charge in [-0.05, 0) is 13.0 Å². The molecule has 2 heteroatoms. The lowest BCUT2D eigenvalue weighted by Crippen LogP contribution is -1.90. The normalized spacial score (nSPS) is 9.00. The lowest BCUT2D eigenvalue weighted by atomic mass is 10.2. The minimum Gasteiger partial charge on any atom is -0.294 e. The van der Waals surface area contributed by atoms with Crippen molar-refractivity contribution in [1.82, 2.24) is 4.98 Å². The van der Waals surface area contributed by atoms with Gasteiger partial charge in [-0.2, -0.15) is 0 Å². The second-order valence-corrected chi connectivity index (χ2v) is 1.73. The summed E-state index contributed by atoms with van der Waals surface area (Å²) >= 11 is 0. The van der Waals surface area contributed by atoms with Crippen LogP contribution in [0.2, 0.25) is 0 Å². The molecule has 1 aromatic heterocycles. The van der Waals surface area contributed by atoms with Gasteiger partial charge in [0, 0.05) is 24.0 Å². The first-order valence-corrected chi connectivity index (χ1v) is 2.63. The van der Waals surface area contributed by atoms with Crippen molar-refractivity contribution < 1.29 is 4.79 Å². The molecule has 0 fully saturated rings. The van der Waals surface area contributed by atoms with Crippen LogP contribution in [0.25, 0.3) is 0 Å². The zero-order chi connectivity index (χ0) is 6.69. The highest BCUT2D eigenvalue weighted by Gasteiger charge is 1.94. The highest BCUT2D eigenvalue weighted by molar-refractivity contribution is 5.93. The van der Waals surface area contributed by atoms with Crippen molar-refractivity contribution in [2.45, 2.75) is 6.92 Å². The van der Waals surface area contributed by atoms with Gasteiger partial charge in [-0.25, -0.2) is 0 Å². The van der Waals surface area contributed by atoms with E-state index in [0.29, 0.717) is 5.56 Å². The maximum atomic E-state index is 10.6. The first-order chi connectivity index (χ1) is 4.30. The number of hydrogen-bond acceptors (Lipinski definition) is 2. The van der Waals surface area contributed by atoms with Crippen LogP contribution in [0.5, 0.6) is 0 Å². The second kappa shape index (κ2) is 2.40. The molecule has 45 valence electrons. The van der Waals surface area contributed by atoms with Crippen molar-refractivity contribution in [3.63, 3.8) is 0 Å². The van der Waals surface area contributed by atoms with Crippen molar-refractivity contribution in [2.75, 3.05) is 0 Å². The molecule has 1 radical (unpaired) electrons. The average molecular weight is 120 g/mol. The van der Waals surface area contributed by atoms with E-state index in [4.69, 9.17) is 0 Å². The Hall–Kier alpha value is -1.18. The Bertz CT molecular complexity index is 205. The van der Waals surface area contributed by atoms with Crippen molar-refractivity contribution >= 4 is 5.78 Å². The Labute approximate surface area is 53.5 Å². The van der Waals surface area contributed by atoms with Gasteiger partial charge in [-0.15, -0.1) is 0 Å². The van der Waals surface area contributed by atoms with E-state index in [1.165, 1.54) is 19.3 Å². The number of ketones is 1. The van der Waals surface area contributed by atoms with Gasteiger partial charge in [0.25, 0.3) is 0 Å². The molecule has 0 aromatic carbocycles. The van der Waals surface area contributed by atoms with E-state index >= 15 is 0 Å². The van der Waals surface area contributed by atoms with Crippen LogP contribution < -0.4 is 0 Å². The molecular formula is C7H6NO. The summed E-state index contributed by atoms with van der Waals surface area (Å²) in [6, 6.07) is 4.33. The summed E-state index contributed by atoms with van der Waals surface area (Å²) in [6.07, 6.45) is 3.05. The standard InChI is InChI=1S/C7H6NO/c1-6(9)7-3-2-4-8-5-7/h3-5H,1H3. The molecule has 0 aliphatic rings. The van der Waals surface area contributed by atoms with Crippen LogP contribution in [-0.4, -0.2) is 10.8 Å². The number of pyridine rings is 1. The maximum absolute atomic E-state index is 10.6.